The largest absolute Gasteiger partial charge is 0.310 e. The average Bonchev–Trinajstić information content (AvgIpc) is 3.60. The second-order valence-electron chi connectivity index (χ2n) is 16.9. The first-order valence-electron chi connectivity index (χ1n) is 20.4. The second kappa shape index (κ2) is 13.2. The van der Waals surface area contributed by atoms with E-state index in [1.54, 1.807) is 5.56 Å². The van der Waals surface area contributed by atoms with E-state index in [1.807, 2.05) is 0 Å². The predicted molar refractivity (Wildman–Crippen MR) is 229 cm³/mol. The van der Waals surface area contributed by atoms with Crippen molar-refractivity contribution >= 4 is 34.1 Å². The van der Waals surface area contributed by atoms with Gasteiger partial charge in [-0.2, -0.15) is 0 Å². The van der Waals surface area contributed by atoms with E-state index in [9.17, 15) is 0 Å². The fourth-order valence-corrected chi connectivity index (χ4v) is 11.4. The Bertz CT molecular complexity index is 2450. The third-order valence-electron chi connectivity index (χ3n) is 13.4. The third kappa shape index (κ3) is 5.78. The van der Waals surface area contributed by atoms with Gasteiger partial charge in [-0.25, -0.2) is 0 Å². The van der Waals surface area contributed by atoms with E-state index in [2.05, 4.69) is 186 Å². The maximum Gasteiger partial charge on any atom is 0.0482 e. The molecule has 0 radical (unpaired) electrons. The summed E-state index contributed by atoms with van der Waals surface area (Å²) < 4.78 is 0. The van der Waals surface area contributed by atoms with Gasteiger partial charge in [0.15, 0.2) is 0 Å². The topological polar surface area (TPSA) is 6.48 Å². The van der Waals surface area contributed by atoms with Crippen molar-refractivity contribution in [3.05, 3.63) is 193 Å². The molecule has 0 aromatic heterocycles. The van der Waals surface area contributed by atoms with Gasteiger partial charge >= 0.3 is 0 Å². The molecular weight excluding hydrogens is 665 g/mol. The van der Waals surface area contributed by atoms with Crippen LogP contribution in [0.1, 0.15) is 55.2 Å². The molecule has 7 aromatic rings. The van der Waals surface area contributed by atoms with Crippen molar-refractivity contribution in [2.75, 3.05) is 9.80 Å². The third-order valence-corrected chi connectivity index (χ3v) is 13.4. The summed E-state index contributed by atoms with van der Waals surface area (Å²) in [5.41, 5.74) is 16.8. The lowest BCUT2D eigenvalue weighted by molar-refractivity contribution is -0.00518. The van der Waals surface area contributed by atoms with Crippen molar-refractivity contribution in [1.29, 1.82) is 0 Å². The fraction of sp³-hybridized carbons (Fsp3) is 0.208. The van der Waals surface area contributed by atoms with E-state index in [0.29, 0.717) is 5.41 Å². The summed E-state index contributed by atoms with van der Waals surface area (Å²) in [5.74, 6) is 2.80. The van der Waals surface area contributed by atoms with Gasteiger partial charge in [0.05, 0.1) is 0 Å². The molecule has 4 bridgehead atoms. The molecule has 0 amide bonds. The highest BCUT2D eigenvalue weighted by molar-refractivity contribution is 5.87. The number of anilines is 6. The predicted octanol–water partition coefficient (Wildman–Crippen LogP) is 14.3. The minimum Gasteiger partial charge on any atom is -0.310 e. The molecule has 0 spiro atoms. The van der Waals surface area contributed by atoms with Crippen LogP contribution in [-0.2, 0) is 11.8 Å². The molecule has 7 aromatic carbocycles. The van der Waals surface area contributed by atoms with Crippen molar-refractivity contribution in [2.24, 2.45) is 17.8 Å². The smallest absolute Gasteiger partial charge is 0.0482 e. The molecule has 5 aliphatic rings. The first-order chi connectivity index (χ1) is 27.2. The lowest BCUT2D eigenvalue weighted by Gasteiger charge is -2.57. The molecule has 268 valence electrons. The summed E-state index contributed by atoms with van der Waals surface area (Å²) in [5, 5.41) is 0. The number of benzene rings is 7. The van der Waals surface area contributed by atoms with E-state index in [1.165, 1.54) is 77.6 Å². The molecule has 0 N–H and O–H groups in total. The van der Waals surface area contributed by atoms with Crippen LogP contribution in [0.2, 0.25) is 0 Å². The van der Waals surface area contributed by atoms with Crippen LogP contribution in [-0.4, -0.2) is 0 Å². The minimum absolute atomic E-state index is 0.377. The van der Waals surface area contributed by atoms with Crippen LogP contribution in [0.25, 0.3) is 22.3 Å². The molecule has 0 saturated heterocycles. The molecule has 0 unspecified atom stereocenters. The van der Waals surface area contributed by atoms with Crippen LogP contribution >= 0.6 is 0 Å². The number of fused-ring (bicyclic) bond motifs is 3. The zero-order valence-corrected chi connectivity index (χ0v) is 31.3. The summed E-state index contributed by atoms with van der Waals surface area (Å²) in [4.78, 5) is 4.86. The SMILES string of the molecule is c1ccc(-c2ccc(N(c3ccc(C45CC6CC(CC(C6)C4)C5)cc3)c3cccc(N(c4ccccc4)c4ccc5c(c4)-c4ccccc4C5)c3)cc2)cc1. The summed E-state index contributed by atoms with van der Waals surface area (Å²) in [6.07, 6.45) is 9.56. The van der Waals surface area contributed by atoms with Crippen molar-refractivity contribution in [1.82, 2.24) is 0 Å². The number of para-hydroxylation sites is 1. The van der Waals surface area contributed by atoms with E-state index >= 15 is 0 Å². The monoisotopic (exact) mass is 710 g/mol. The van der Waals surface area contributed by atoms with Crippen molar-refractivity contribution in [3.63, 3.8) is 0 Å². The van der Waals surface area contributed by atoms with Crippen molar-refractivity contribution < 1.29 is 0 Å². The minimum atomic E-state index is 0.377. The van der Waals surface area contributed by atoms with E-state index in [-0.39, 0.29) is 0 Å². The van der Waals surface area contributed by atoms with E-state index in [0.717, 1.165) is 52.6 Å². The Kier molecular flexibility index (Phi) is 7.79. The van der Waals surface area contributed by atoms with E-state index in [4.69, 9.17) is 0 Å². The molecule has 4 saturated carbocycles. The number of hydrogen-bond donors (Lipinski definition) is 0. The number of nitrogens with zero attached hydrogens (tertiary/aromatic N) is 2. The van der Waals surface area contributed by atoms with Gasteiger partial charge < -0.3 is 9.80 Å². The number of rotatable bonds is 8. The Morgan fingerprint density at radius 3 is 1.51 bits per heavy atom. The quantitative estimate of drug-likeness (QED) is 0.155. The van der Waals surface area contributed by atoms with Gasteiger partial charge in [-0.15, -0.1) is 0 Å². The standard InChI is InChI=1S/C53H46N2/c1-3-10-40(11-4-1)41-18-23-46(24-19-41)54(47-26-21-44(22-27-47)53-34-37-28-38(35-53)30-39(29-37)36-53)48-15-9-16-49(32-48)55(45-13-5-2-6-14-45)50-25-20-43-31-42-12-7-8-17-51(42)52(43)33-50/h1-27,32-33,37-39H,28-31,34-36H2. The second-order valence-corrected chi connectivity index (χ2v) is 16.9. The van der Waals surface area contributed by atoms with Crippen LogP contribution in [0.15, 0.2) is 176 Å². The van der Waals surface area contributed by atoms with E-state index < -0.39 is 0 Å². The molecule has 2 nitrogen and oxygen atoms in total. The van der Waals surface area contributed by atoms with Crippen LogP contribution in [0.4, 0.5) is 34.1 Å². The normalized spacial score (nSPS) is 21.6. The molecule has 2 heteroatoms. The molecule has 12 rings (SSSR count). The Labute approximate surface area is 325 Å². The molecule has 4 fully saturated rings. The van der Waals surface area contributed by atoms with Gasteiger partial charge in [-0.3, -0.25) is 0 Å². The molecule has 5 aliphatic carbocycles. The summed E-state index contributed by atoms with van der Waals surface area (Å²) >= 11 is 0. The summed E-state index contributed by atoms with van der Waals surface area (Å²) in [6.45, 7) is 0. The maximum absolute atomic E-state index is 2.48. The molecular formula is C53H46N2. The summed E-state index contributed by atoms with van der Waals surface area (Å²) in [7, 11) is 0. The van der Waals surface area contributed by atoms with Gasteiger partial charge in [0.25, 0.3) is 0 Å². The first kappa shape index (κ1) is 32.6. The zero-order chi connectivity index (χ0) is 36.3. The maximum atomic E-state index is 2.48. The fourth-order valence-electron chi connectivity index (χ4n) is 11.4. The summed E-state index contributed by atoms with van der Waals surface area (Å²) in [6, 6.07) is 65.4. The highest BCUT2D eigenvalue weighted by Gasteiger charge is 2.51. The van der Waals surface area contributed by atoms with Gasteiger partial charge in [-0.1, -0.05) is 109 Å². The van der Waals surface area contributed by atoms with Crippen LogP contribution in [0.3, 0.4) is 0 Å². The van der Waals surface area contributed by atoms with Gasteiger partial charge in [0.1, 0.15) is 0 Å². The lowest BCUT2D eigenvalue weighted by Crippen LogP contribution is -2.48. The van der Waals surface area contributed by atoms with Gasteiger partial charge in [-0.05, 0) is 174 Å². The molecule has 0 aliphatic heterocycles. The molecule has 0 heterocycles. The van der Waals surface area contributed by atoms with Crippen molar-refractivity contribution in [3.8, 4) is 22.3 Å². The van der Waals surface area contributed by atoms with Crippen LogP contribution < -0.4 is 9.80 Å². The Balaban J connectivity index is 1.01. The van der Waals surface area contributed by atoms with Crippen molar-refractivity contribution in [2.45, 2.75) is 50.4 Å². The average molecular weight is 711 g/mol. The van der Waals surface area contributed by atoms with Crippen LogP contribution in [0, 0.1) is 17.8 Å². The molecule has 0 atom stereocenters. The lowest BCUT2D eigenvalue weighted by atomic mass is 9.48. The van der Waals surface area contributed by atoms with Gasteiger partial charge in [0.2, 0.25) is 0 Å². The highest BCUT2D eigenvalue weighted by Crippen LogP contribution is 2.61. The zero-order valence-electron chi connectivity index (χ0n) is 31.3. The highest BCUT2D eigenvalue weighted by atomic mass is 15.2. The Hall–Kier alpha value is -5.86. The Morgan fingerprint density at radius 1 is 0.364 bits per heavy atom. The molecule has 55 heavy (non-hydrogen) atoms. The number of hydrogen-bond acceptors (Lipinski definition) is 2. The first-order valence-corrected chi connectivity index (χ1v) is 20.4. The Morgan fingerprint density at radius 2 is 0.836 bits per heavy atom. The van der Waals surface area contributed by atoms with Gasteiger partial charge in [0, 0.05) is 34.1 Å². The van der Waals surface area contributed by atoms with Crippen LogP contribution in [0.5, 0.6) is 0 Å².